The Kier molecular flexibility index (Phi) is 14.0. The molecule has 5 nitrogen and oxygen atoms in total. The highest BCUT2D eigenvalue weighted by Gasteiger charge is 2.16. The molecule has 2 rings (SSSR count). The molecule has 0 saturated carbocycles. The number of nitrogens with zero attached hydrogens (tertiary/aromatic N) is 2. The number of hydrogen-bond donors (Lipinski definition) is 0. The number of esters is 1. The number of aromatic nitrogens is 2. The van der Waals surface area contributed by atoms with E-state index >= 15 is 0 Å². The molecule has 1 heterocycles. The van der Waals surface area contributed by atoms with Gasteiger partial charge in [-0.25, -0.2) is 14.8 Å². The molecule has 1 aromatic heterocycles. The summed E-state index contributed by atoms with van der Waals surface area (Å²) in [7, 11) is 0. The van der Waals surface area contributed by atoms with E-state index in [1.54, 1.807) is 6.92 Å². The summed E-state index contributed by atoms with van der Waals surface area (Å²) in [6, 6.07) is 7.54. The Morgan fingerprint density at radius 2 is 1.35 bits per heavy atom. The summed E-state index contributed by atoms with van der Waals surface area (Å²) < 4.78 is 11.1. The molecule has 188 valence electrons. The summed E-state index contributed by atoms with van der Waals surface area (Å²) in [5, 5.41) is 0. The third kappa shape index (κ3) is 11.1. The van der Waals surface area contributed by atoms with Crippen LogP contribution in [-0.4, -0.2) is 28.6 Å². The number of rotatable bonds is 18. The molecule has 0 aliphatic rings. The van der Waals surface area contributed by atoms with E-state index in [4.69, 9.17) is 9.47 Å². The van der Waals surface area contributed by atoms with Crippen molar-refractivity contribution in [2.75, 3.05) is 6.61 Å². The van der Waals surface area contributed by atoms with Crippen LogP contribution in [0.4, 0.5) is 0 Å². The largest absolute Gasteiger partial charge is 0.479 e. The van der Waals surface area contributed by atoms with E-state index in [0.717, 1.165) is 24.8 Å². The highest BCUT2D eigenvalue weighted by molar-refractivity contribution is 5.74. The van der Waals surface area contributed by atoms with Crippen molar-refractivity contribution in [1.29, 1.82) is 0 Å². The lowest BCUT2D eigenvalue weighted by molar-refractivity contribution is -0.151. The highest BCUT2D eigenvalue weighted by atomic mass is 16.6. The summed E-state index contributed by atoms with van der Waals surface area (Å²) in [5.74, 6) is 1.01. The minimum Gasteiger partial charge on any atom is -0.479 e. The Morgan fingerprint density at radius 1 is 0.794 bits per heavy atom. The van der Waals surface area contributed by atoms with Gasteiger partial charge in [-0.05, 0) is 56.0 Å². The Hall–Kier alpha value is -2.43. The molecule has 2 aromatic rings. The van der Waals surface area contributed by atoms with Gasteiger partial charge in [0.05, 0.1) is 6.61 Å². The molecule has 1 atom stereocenters. The fourth-order valence-electron chi connectivity index (χ4n) is 3.85. The standard InChI is InChI=1S/C29H44N2O3/c1-4-6-8-10-12-14-16-25-22-30-28(31-23-25)26-17-19-27(20-18-26)34-24(3)29(32)33-21-15-13-11-9-7-5-2/h17-20,22-24H,4-16,21H2,1-3H3/t24-/m1/s1. The Morgan fingerprint density at radius 3 is 1.97 bits per heavy atom. The molecule has 0 saturated heterocycles. The quantitative estimate of drug-likeness (QED) is 0.165. The molecule has 0 aliphatic carbocycles. The van der Waals surface area contributed by atoms with Gasteiger partial charge in [0.15, 0.2) is 11.9 Å². The fraction of sp³-hybridized carbons (Fsp3) is 0.621. The van der Waals surface area contributed by atoms with Crippen molar-refractivity contribution in [1.82, 2.24) is 9.97 Å². The van der Waals surface area contributed by atoms with Crippen LogP contribution < -0.4 is 4.74 Å². The van der Waals surface area contributed by atoms with E-state index in [1.807, 2.05) is 36.7 Å². The molecule has 0 bridgehead atoms. The molecular weight excluding hydrogens is 424 g/mol. The van der Waals surface area contributed by atoms with E-state index in [2.05, 4.69) is 23.8 Å². The molecule has 1 aromatic carbocycles. The van der Waals surface area contributed by atoms with E-state index in [-0.39, 0.29) is 5.97 Å². The van der Waals surface area contributed by atoms with Crippen LogP contribution in [0, 0.1) is 0 Å². The summed E-state index contributed by atoms with van der Waals surface area (Å²) in [4.78, 5) is 21.2. The maximum atomic E-state index is 12.2. The second kappa shape index (κ2) is 17.1. The van der Waals surface area contributed by atoms with Crippen molar-refractivity contribution < 1.29 is 14.3 Å². The van der Waals surface area contributed by atoms with Crippen molar-refractivity contribution >= 4 is 5.97 Å². The molecule has 0 amide bonds. The van der Waals surface area contributed by atoms with Gasteiger partial charge >= 0.3 is 5.97 Å². The summed E-state index contributed by atoms with van der Waals surface area (Å²) in [6.07, 6.45) is 19.0. The predicted octanol–water partition coefficient (Wildman–Crippen LogP) is 7.72. The zero-order valence-corrected chi connectivity index (χ0v) is 21.6. The summed E-state index contributed by atoms with van der Waals surface area (Å²) in [6.45, 7) is 6.64. The molecule has 0 fully saturated rings. The number of hydrogen-bond acceptors (Lipinski definition) is 5. The molecule has 0 radical (unpaired) electrons. The van der Waals surface area contributed by atoms with Crippen molar-refractivity contribution in [3.8, 4) is 17.1 Å². The zero-order valence-electron chi connectivity index (χ0n) is 21.6. The van der Waals surface area contributed by atoms with E-state index in [1.165, 1.54) is 69.8 Å². The number of carbonyl (C=O) groups is 1. The SMILES string of the molecule is CCCCCCCCOC(=O)[C@@H](C)Oc1ccc(-c2ncc(CCCCCCCC)cn2)cc1. The molecular formula is C29H44N2O3. The molecule has 0 N–H and O–H groups in total. The van der Waals surface area contributed by atoms with Crippen LogP contribution in [0.3, 0.4) is 0 Å². The third-order valence-electron chi connectivity index (χ3n) is 6.02. The van der Waals surface area contributed by atoms with Crippen LogP contribution in [0.1, 0.15) is 103 Å². The van der Waals surface area contributed by atoms with Crippen LogP contribution in [0.15, 0.2) is 36.7 Å². The molecule has 5 heteroatoms. The number of carbonyl (C=O) groups excluding carboxylic acids is 1. The monoisotopic (exact) mass is 468 g/mol. The van der Waals surface area contributed by atoms with Crippen LogP contribution in [0.2, 0.25) is 0 Å². The van der Waals surface area contributed by atoms with Gasteiger partial charge in [0, 0.05) is 18.0 Å². The molecule has 0 spiro atoms. The second-order valence-corrected chi connectivity index (χ2v) is 9.15. The summed E-state index contributed by atoms with van der Waals surface area (Å²) in [5.41, 5.74) is 2.12. The predicted molar refractivity (Wildman–Crippen MR) is 139 cm³/mol. The van der Waals surface area contributed by atoms with E-state index in [9.17, 15) is 4.79 Å². The first-order valence-corrected chi connectivity index (χ1v) is 13.4. The number of unbranched alkanes of at least 4 members (excludes halogenated alkanes) is 10. The Labute approximate surface area is 206 Å². The van der Waals surface area contributed by atoms with Crippen LogP contribution >= 0.6 is 0 Å². The fourth-order valence-corrected chi connectivity index (χ4v) is 3.85. The maximum Gasteiger partial charge on any atom is 0.347 e. The van der Waals surface area contributed by atoms with Gasteiger partial charge in [0.1, 0.15) is 5.75 Å². The number of aryl methyl sites for hydroxylation is 1. The van der Waals surface area contributed by atoms with Crippen molar-refractivity contribution in [2.45, 2.75) is 110 Å². The normalized spacial score (nSPS) is 11.9. The lowest BCUT2D eigenvalue weighted by atomic mass is 10.1. The Balaban J connectivity index is 1.71. The lowest BCUT2D eigenvalue weighted by Crippen LogP contribution is -2.26. The van der Waals surface area contributed by atoms with Gasteiger partial charge in [-0.15, -0.1) is 0 Å². The minimum absolute atomic E-state index is 0.318. The minimum atomic E-state index is -0.636. The number of ether oxygens (including phenoxy) is 2. The van der Waals surface area contributed by atoms with Crippen molar-refractivity contribution in [3.05, 3.63) is 42.2 Å². The van der Waals surface area contributed by atoms with Gasteiger partial charge in [0.25, 0.3) is 0 Å². The topological polar surface area (TPSA) is 61.3 Å². The first-order valence-electron chi connectivity index (χ1n) is 13.4. The van der Waals surface area contributed by atoms with E-state index in [0.29, 0.717) is 18.2 Å². The maximum absolute atomic E-state index is 12.2. The first-order chi connectivity index (χ1) is 16.6. The molecule has 0 unspecified atom stereocenters. The van der Waals surface area contributed by atoms with Gasteiger partial charge in [-0.2, -0.15) is 0 Å². The zero-order chi connectivity index (χ0) is 24.4. The Bertz CT molecular complexity index is 790. The van der Waals surface area contributed by atoms with Crippen molar-refractivity contribution in [3.63, 3.8) is 0 Å². The van der Waals surface area contributed by atoms with Crippen LogP contribution in [0.25, 0.3) is 11.4 Å². The van der Waals surface area contributed by atoms with Gasteiger partial charge in [0.2, 0.25) is 0 Å². The van der Waals surface area contributed by atoms with Gasteiger partial charge in [-0.1, -0.05) is 78.1 Å². The average molecular weight is 469 g/mol. The second-order valence-electron chi connectivity index (χ2n) is 9.15. The van der Waals surface area contributed by atoms with Crippen molar-refractivity contribution in [2.24, 2.45) is 0 Å². The smallest absolute Gasteiger partial charge is 0.347 e. The van der Waals surface area contributed by atoms with Crippen LogP contribution in [-0.2, 0) is 16.0 Å². The lowest BCUT2D eigenvalue weighted by Gasteiger charge is -2.14. The average Bonchev–Trinajstić information content (AvgIpc) is 2.86. The highest BCUT2D eigenvalue weighted by Crippen LogP contribution is 2.21. The first kappa shape index (κ1) is 27.8. The van der Waals surface area contributed by atoms with Crippen LogP contribution in [0.5, 0.6) is 5.75 Å². The van der Waals surface area contributed by atoms with Gasteiger partial charge in [-0.3, -0.25) is 0 Å². The molecule has 34 heavy (non-hydrogen) atoms. The third-order valence-corrected chi connectivity index (χ3v) is 6.02. The van der Waals surface area contributed by atoms with E-state index < -0.39 is 6.10 Å². The number of benzene rings is 1. The summed E-state index contributed by atoms with van der Waals surface area (Å²) >= 11 is 0. The van der Waals surface area contributed by atoms with Gasteiger partial charge < -0.3 is 9.47 Å². The molecule has 0 aliphatic heterocycles.